The second-order valence-corrected chi connectivity index (χ2v) is 8.72. The molecular formula is C15H26O3S. The maximum absolute atomic E-state index is 12.2. The van der Waals surface area contributed by atoms with Crippen LogP contribution in [0.3, 0.4) is 0 Å². The minimum absolute atomic E-state index is 0.0282. The van der Waals surface area contributed by atoms with Crippen molar-refractivity contribution in [3.63, 3.8) is 0 Å². The summed E-state index contributed by atoms with van der Waals surface area (Å²) < 4.78 is 24.3. The molecule has 3 nitrogen and oxygen atoms in total. The van der Waals surface area contributed by atoms with E-state index in [4.69, 9.17) is 0 Å². The number of Topliss-reactive ketones (excluding diaryl/α,β-unsaturated/α-hetero) is 1. The summed E-state index contributed by atoms with van der Waals surface area (Å²) in [6.45, 7) is 2.16. The Bertz CT molecular complexity index is 393. The highest BCUT2D eigenvalue weighted by Gasteiger charge is 2.45. The van der Waals surface area contributed by atoms with E-state index in [0.717, 1.165) is 32.1 Å². The Balaban J connectivity index is 1.88. The van der Waals surface area contributed by atoms with Crippen LogP contribution in [0.15, 0.2) is 0 Å². The van der Waals surface area contributed by atoms with E-state index in [1.165, 1.54) is 12.8 Å². The average molecular weight is 286 g/mol. The summed E-state index contributed by atoms with van der Waals surface area (Å²) in [5, 5.41) is -0.436. The van der Waals surface area contributed by atoms with Gasteiger partial charge in [0.15, 0.2) is 9.84 Å². The average Bonchev–Trinajstić information content (AvgIpc) is 2.33. The van der Waals surface area contributed by atoms with Crippen molar-refractivity contribution in [3.05, 3.63) is 0 Å². The third kappa shape index (κ3) is 3.39. The number of hydrogen-bond acceptors (Lipinski definition) is 3. The molecule has 2 rings (SSSR count). The second kappa shape index (κ2) is 6.38. The van der Waals surface area contributed by atoms with Crippen LogP contribution in [0.1, 0.15) is 71.1 Å². The van der Waals surface area contributed by atoms with Gasteiger partial charge in [0.25, 0.3) is 0 Å². The summed E-state index contributed by atoms with van der Waals surface area (Å²) >= 11 is 0. The molecule has 2 unspecified atom stereocenters. The number of fused-ring (bicyclic) bond motifs is 2. The van der Waals surface area contributed by atoms with E-state index in [1.807, 2.05) is 0 Å². The van der Waals surface area contributed by atoms with E-state index < -0.39 is 9.84 Å². The van der Waals surface area contributed by atoms with Gasteiger partial charge in [-0.25, -0.2) is 8.42 Å². The molecule has 0 spiro atoms. The largest absolute Gasteiger partial charge is 0.299 e. The standard InChI is InChI=1S/C15H26O3S/c1-2-3-4-5-9-15(16)12-10-13-7-6-8-14(11-12)19(13,17)18/h12-14H,2-11H2,1H3. The van der Waals surface area contributed by atoms with Crippen LogP contribution in [0.2, 0.25) is 0 Å². The lowest BCUT2D eigenvalue weighted by Gasteiger charge is -2.38. The highest BCUT2D eigenvalue weighted by Crippen LogP contribution is 2.40. The fourth-order valence-electron chi connectivity index (χ4n) is 3.60. The third-order valence-electron chi connectivity index (χ3n) is 4.81. The first-order valence-corrected chi connectivity index (χ1v) is 9.42. The molecule has 2 aliphatic heterocycles. The van der Waals surface area contributed by atoms with Gasteiger partial charge in [0.05, 0.1) is 10.5 Å². The van der Waals surface area contributed by atoms with Crippen LogP contribution in [0.25, 0.3) is 0 Å². The number of rotatable bonds is 6. The molecule has 0 aromatic rings. The molecule has 110 valence electrons. The zero-order valence-electron chi connectivity index (χ0n) is 11.9. The van der Waals surface area contributed by atoms with E-state index in [1.54, 1.807) is 0 Å². The molecule has 0 aliphatic carbocycles. The van der Waals surface area contributed by atoms with Crippen LogP contribution in [0, 0.1) is 5.92 Å². The lowest BCUT2D eigenvalue weighted by molar-refractivity contribution is -0.123. The maximum atomic E-state index is 12.2. The Morgan fingerprint density at radius 2 is 1.68 bits per heavy atom. The van der Waals surface area contributed by atoms with Crippen molar-refractivity contribution < 1.29 is 13.2 Å². The number of carbonyl (C=O) groups is 1. The lowest BCUT2D eigenvalue weighted by atomic mass is 9.85. The molecule has 0 amide bonds. The summed E-state index contributed by atoms with van der Waals surface area (Å²) in [7, 11) is -2.91. The molecule has 0 aromatic carbocycles. The molecule has 2 atom stereocenters. The Labute approximate surface area is 117 Å². The molecule has 0 saturated carbocycles. The van der Waals surface area contributed by atoms with Gasteiger partial charge in [0.1, 0.15) is 5.78 Å². The fourth-order valence-corrected chi connectivity index (χ4v) is 6.14. The maximum Gasteiger partial charge on any atom is 0.156 e. The van der Waals surface area contributed by atoms with Crippen molar-refractivity contribution in [2.24, 2.45) is 5.92 Å². The summed E-state index contributed by atoms with van der Waals surface area (Å²) in [6.07, 6.45) is 8.91. The van der Waals surface area contributed by atoms with Crippen molar-refractivity contribution in [1.29, 1.82) is 0 Å². The minimum atomic E-state index is -2.91. The van der Waals surface area contributed by atoms with Crippen molar-refractivity contribution in [2.75, 3.05) is 0 Å². The molecule has 2 aliphatic rings. The van der Waals surface area contributed by atoms with E-state index >= 15 is 0 Å². The van der Waals surface area contributed by atoms with Gasteiger partial charge in [-0.3, -0.25) is 4.79 Å². The zero-order chi connectivity index (χ0) is 13.9. The van der Waals surface area contributed by atoms with Gasteiger partial charge in [-0.1, -0.05) is 32.6 Å². The lowest BCUT2D eigenvalue weighted by Crippen LogP contribution is -2.45. The number of sulfone groups is 1. The number of unbranched alkanes of at least 4 members (excludes halogenated alkanes) is 3. The Morgan fingerprint density at radius 1 is 1.05 bits per heavy atom. The molecular weight excluding hydrogens is 260 g/mol. The minimum Gasteiger partial charge on any atom is -0.299 e. The number of ketones is 1. The van der Waals surface area contributed by atoms with Crippen molar-refractivity contribution >= 4 is 15.6 Å². The van der Waals surface area contributed by atoms with E-state index in [0.29, 0.717) is 25.0 Å². The molecule has 0 radical (unpaired) electrons. The smallest absolute Gasteiger partial charge is 0.156 e. The van der Waals surface area contributed by atoms with Gasteiger partial charge in [-0.15, -0.1) is 0 Å². The molecule has 0 aromatic heterocycles. The zero-order valence-corrected chi connectivity index (χ0v) is 12.8. The molecule has 2 heterocycles. The predicted octanol–water partition coefficient (Wildman–Crippen LogP) is 3.27. The van der Waals surface area contributed by atoms with E-state index in [9.17, 15) is 13.2 Å². The van der Waals surface area contributed by atoms with Gasteiger partial charge < -0.3 is 0 Å². The van der Waals surface area contributed by atoms with Crippen molar-refractivity contribution in [3.8, 4) is 0 Å². The fraction of sp³-hybridized carbons (Fsp3) is 0.933. The Morgan fingerprint density at radius 3 is 2.26 bits per heavy atom. The second-order valence-electron chi connectivity index (χ2n) is 6.21. The Kier molecular flexibility index (Phi) is 5.04. The van der Waals surface area contributed by atoms with Crippen LogP contribution in [-0.2, 0) is 14.6 Å². The normalized spacial score (nSPS) is 33.0. The Hall–Kier alpha value is -0.380. The third-order valence-corrected chi connectivity index (χ3v) is 7.52. The summed E-state index contributed by atoms with van der Waals surface area (Å²) in [5.41, 5.74) is 0. The first kappa shape index (κ1) is 15.0. The molecule has 19 heavy (non-hydrogen) atoms. The van der Waals surface area contributed by atoms with Gasteiger partial charge in [-0.05, 0) is 32.1 Å². The molecule has 2 saturated heterocycles. The van der Waals surface area contributed by atoms with Crippen molar-refractivity contribution in [2.45, 2.75) is 81.6 Å². The highest BCUT2D eigenvalue weighted by molar-refractivity contribution is 7.92. The topological polar surface area (TPSA) is 51.2 Å². The summed E-state index contributed by atoms with van der Waals surface area (Å²) in [5.74, 6) is 0.350. The summed E-state index contributed by atoms with van der Waals surface area (Å²) in [6, 6.07) is 0. The SMILES string of the molecule is CCCCCCC(=O)C1CC2CCCC(C1)S2(=O)=O. The molecule has 2 fully saturated rings. The molecule has 4 heteroatoms. The van der Waals surface area contributed by atoms with Gasteiger partial charge >= 0.3 is 0 Å². The first-order valence-electron chi connectivity index (χ1n) is 7.81. The quantitative estimate of drug-likeness (QED) is 0.704. The van der Waals surface area contributed by atoms with Crippen LogP contribution >= 0.6 is 0 Å². The monoisotopic (exact) mass is 286 g/mol. The van der Waals surface area contributed by atoms with Crippen LogP contribution in [0.4, 0.5) is 0 Å². The van der Waals surface area contributed by atoms with Crippen LogP contribution < -0.4 is 0 Å². The predicted molar refractivity (Wildman–Crippen MR) is 76.8 cm³/mol. The van der Waals surface area contributed by atoms with E-state index in [2.05, 4.69) is 6.92 Å². The molecule has 2 bridgehead atoms. The van der Waals surface area contributed by atoms with E-state index in [-0.39, 0.29) is 16.4 Å². The van der Waals surface area contributed by atoms with Crippen LogP contribution in [-0.4, -0.2) is 24.7 Å². The van der Waals surface area contributed by atoms with Gasteiger partial charge in [0.2, 0.25) is 0 Å². The van der Waals surface area contributed by atoms with Crippen LogP contribution in [0.5, 0.6) is 0 Å². The number of carbonyl (C=O) groups excluding carboxylic acids is 1. The van der Waals surface area contributed by atoms with Gasteiger partial charge in [0, 0.05) is 12.3 Å². The molecule has 0 N–H and O–H groups in total. The number of hydrogen-bond donors (Lipinski definition) is 0. The first-order chi connectivity index (χ1) is 9.05. The highest BCUT2D eigenvalue weighted by atomic mass is 32.2. The van der Waals surface area contributed by atoms with Crippen molar-refractivity contribution in [1.82, 2.24) is 0 Å². The summed E-state index contributed by atoms with van der Waals surface area (Å²) in [4.78, 5) is 12.2. The van der Waals surface area contributed by atoms with Gasteiger partial charge in [-0.2, -0.15) is 0 Å².